The summed E-state index contributed by atoms with van der Waals surface area (Å²) < 4.78 is 28.2. The second-order valence-electron chi connectivity index (χ2n) is 9.75. The Morgan fingerprint density at radius 3 is 2.45 bits per heavy atom. The van der Waals surface area contributed by atoms with Gasteiger partial charge in [-0.1, -0.05) is 26.0 Å². The lowest BCUT2D eigenvalue weighted by atomic mass is 10.0. The van der Waals surface area contributed by atoms with Crippen molar-refractivity contribution >= 4 is 53.8 Å². The number of fused-ring (bicyclic) bond motifs is 2. The molecule has 200 valence electrons. The van der Waals surface area contributed by atoms with E-state index in [9.17, 15) is 13.2 Å². The summed E-state index contributed by atoms with van der Waals surface area (Å²) in [6.45, 7) is 10.9. The molecule has 1 amide bonds. The molecule has 1 atom stereocenters. The van der Waals surface area contributed by atoms with Crippen molar-refractivity contribution in [2.24, 2.45) is 0 Å². The zero-order valence-electron chi connectivity index (χ0n) is 22.1. The minimum atomic E-state index is -3.58. The smallest absolute Gasteiger partial charge is 0.256 e. The zero-order chi connectivity index (χ0) is 27.0. The highest BCUT2D eigenvalue weighted by Gasteiger charge is 2.31. The number of benzene rings is 2. The highest BCUT2D eigenvalue weighted by molar-refractivity contribution is 7.89. The van der Waals surface area contributed by atoms with Gasteiger partial charge in [0.15, 0.2) is 0 Å². The van der Waals surface area contributed by atoms with Crippen LogP contribution in [0.5, 0.6) is 0 Å². The van der Waals surface area contributed by atoms with Gasteiger partial charge >= 0.3 is 0 Å². The van der Waals surface area contributed by atoms with Gasteiger partial charge in [-0.3, -0.25) is 4.79 Å². The molecule has 0 saturated carbocycles. The first-order valence-electron chi connectivity index (χ1n) is 13.0. The lowest BCUT2D eigenvalue weighted by molar-refractivity contribution is -0.936. The molecule has 4 aromatic rings. The number of thiazole rings is 1. The summed E-state index contributed by atoms with van der Waals surface area (Å²) in [4.78, 5) is 21.3. The van der Waals surface area contributed by atoms with Crippen LogP contribution in [0.25, 0.3) is 20.8 Å². The number of rotatable bonds is 8. The van der Waals surface area contributed by atoms with Crippen LogP contribution in [0.2, 0.25) is 0 Å². The minimum absolute atomic E-state index is 0.191. The van der Waals surface area contributed by atoms with E-state index in [0.29, 0.717) is 24.7 Å². The average molecular weight is 570 g/mol. The summed E-state index contributed by atoms with van der Waals surface area (Å²) >= 11 is 3.29. The molecular formula is C28H33N4O3S3+. The molecule has 10 heteroatoms. The van der Waals surface area contributed by atoms with Crippen LogP contribution in [0, 0.1) is 0 Å². The fourth-order valence-electron chi connectivity index (χ4n) is 4.95. The molecule has 38 heavy (non-hydrogen) atoms. The molecule has 1 aliphatic heterocycles. The first kappa shape index (κ1) is 27.0. The van der Waals surface area contributed by atoms with Gasteiger partial charge in [0.25, 0.3) is 5.91 Å². The molecule has 0 bridgehead atoms. The Kier molecular flexibility index (Phi) is 7.70. The van der Waals surface area contributed by atoms with Crippen LogP contribution in [-0.4, -0.2) is 49.3 Å². The molecule has 7 nitrogen and oxygen atoms in total. The summed E-state index contributed by atoms with van der Waals surface area (Å²) in [5, 5.41) is 4.88. The molecule has 0 radical (unpaired) electrons. The van der Waals surface area contributed by atoms with Crippen LogP contribution in [0.1, 0.15) is 48.5 Å². The van der Waals surface area contributed by atoms with Crippen molar-refractivity contribution in [3.05, 3.63) is 64.5 Å². The van der Waals surface area contributed by atoms with Crippen LogP contribution in [0.3, 0.4) is 0 Å². The van der Waals surface area contributed by atoms with Gasteiger partial charge in [0.05, 0.1) is 32.6 Å². The zero-order valence-corrected chi connectivity index (χ0v) is 24.5. The summed E-state index contributed by atoms with van der Waals surface area (Å²) in [7, 11) is -3.58. The van der Waals surface area contributed by atoms with E-state index in [1.165, 1.54) is 31.8 Å². The molecule has 0 aliphatic carbocycles. The molecule has 0 saturated heterocycles. The van der Waals surface area contributed by atoms with E-state index in [-0.39, 0.29) is 10.8 Å². The number of para-hydroxylation sites is 1. The van der Waals surface area contributed by atoms with Gasteiger partial charge in [-0.05, 0) is 55.8 Å². The molecule has 0 spiro atoms. The normalized spacial score (nSPS) is 15.8. The van der Waals surface area contributed by atoms with E-state index < -0.39 is 10.0 Å². The van der Waals surface area contributed by atoms with Crippen LogP contribution in [-0.2, 0) is 23.0 Å². The molecule has 5 rings (SSSR count). The molecule has 1 unspecified atom stereocenters. The van der Waals surface area contributed by atoms with E-state index in [2.05, 4.69) is 25.2 Å². The quantitative estimate of drug-likeness (QED) is 0.323. The number of aromatic nitrogens is 1. The average Bonchev–Trinajstić information content (AvgIpc) is 3.49. The number of amides is 1. The number of thiophene rings is 1. The van der Waals surface area contributed by atoms with Gasteiger partial charge in [-0.15, -0.1) is 22.7 Å². The second kappa shape index (κ2) is 10.9. The molecule has 0 fully saturated rings. The molecular weight excluding hydrogens is 537 g/mol. The van der Waals surface area contributed by atoms with E-state index in [4.69, 9.17) is 4.98 Å². The van der Waals surface area contributed by atoms with Crippen molar-refractivity contribution in [1.82, 2.24) is 9.29 Å². The fourth-order valence-corrected chi connectivity index (χ4v) is 8.82. The van der Waals surface area contributed by atoms with Crippen LogP contribution >= 0.6 is 22.7 Å². The van der Waals surface area contributed by atoms with Crippen LogP contribution in [0.4, 0.5) is 5.00 Å². The summed E-state index contributed by atoms with van der Waals surface area (Å²) in [6, 6.07) is 14.8. The Morgan fingerprint density at radius 1 is 1.08 bits per heavy atom. The summed E-state index contributed by atoms with van der Waals surface area (Å²) in [5.41, 5.74) is 3.69. The van der Waals surface area contributed by atoms with Crippen LogP contribution in [0.15, 0.2) is 53.4 Å². The number of sulfonamides is 1. The number of carbonyl (C=O) groups is 1. The van der Waals surface area contributed by atoms with Gasteiger partial charge in [-0.25, -0.2) is 13.4 Å². The third-order valence-electron chi connectivity index (χ3n) is 7.19. The molecule has 1 aliphatic rings. The van der Waals surface area contributed by atoms with E-state index in [1.807, 2.05) is 32.0 Å². The highest BCUT2D eigenvalue weighted by atomic mass is 32.2. The molecule has 2 aromatic carbocycles. The maximum Gasteiger partial charge on any atom is 0.256 e. The van der Waals surface area contributed by atoms with Crippen molar-refractivity contribution in [1.29, 1.82) is 0 Å². The van der Waals surface area contributed by atoms with Gasteiger partial charge in [0.2, 0.25) is 10.0 Å². The monoisotopic (exact) mass is 569 g/mol. The Morgan fingerprint density at radius 2 is 1.79 bits per heavy atom. The Labute approximate surface area is 232 Å². The molecule has 2 aromatic heterocycles. The standard InChI is InChI=1S/C28H32N4O3S3/c1-5-32(6-2)38(34,35)20-13-11-19(12-14-20)26(33)30-28-25(27-29-22-9-7-8-10-23(22)36-27)21-15-16-31(18(3)4)17-24(21)37-28/h7-14,18H,5-6,15-17H2,1-4H3,(H,30,33)/p+1. The van der Waals surface area contributed by atoms with Crippen molar-refractivity contribution in [2.75, 3.05) is 25.0 Å². The third kappa shape index (κ3) is 5.03. The van der Waals surface area contributed by atoms with E-state index >= 15 is 0 Å². The van der Waals surface area contributed by atoms with Crippen LogP contribution < -0.4 is 10.2 Å². The predicted octanol–water partition coefficient (Wildman–Crippen LogP) is 4.66. The number of nitrogens with zero attached hydrogens (tertiary/aromatic N) is 2. The molecule has 2 N–H and O–H groups in total. The maximum atomic E-state index is 13.4. The summed E-state index contributed by atoms with van der Waals surface area (Å²) in [6.07, 6.45) is 0.943. The Balaban J connectivity index is 1.48. The highest BCUT2D eigenvalue weighted by Crippen LogP contribution is 2.44. The second-order valence-corrected chi connectivity index (χ2v) is 13.8. The number of nitrogens with one attached hydrogen (secondary N) is 2. The number of hydrogen-bond donors (Lipinski definition) is 2. The summed E-state index contributed by atoms with van der Waals surface area (Å²) in [5.74, 6) is -0.259. The lowest BCUT2D eigenvalue weighted by Crippen LogP contribution is -3.14. The number of anilines is 1. The number of quaternary nitrogens is 1. The number of hydrogen-bond acceptors (Lipinski definition) is 6. The minimum Gasteiger partial charge on any atom is -0.328 e. The maximum absolute atomic E-state index is 13.4. The van der Waals surface area contributed by atoms with Gasteiger partial charge in [-0.2, -0.15) is 4.31 Å². The van der Waals surface area contributed by atoms with E-state index in [0.717, 1.165) is 45.3 Å². The number of carbonyl (C=O) groups excluding carboxylic acids is 1. The largest absolute Gasteiger partial charge is 0.328 e. The lowest BCUT2D eigenvalue weighted by Gasteiger charge is -2.27. The Bertz CT molecular complexity index is 1540. The van der Waals surface area contributed by atoms with Crippen molar-refractivity contribution in [2.45, 2.75) is 51.6 Å². The van der Waals surface area contributed by atoms with Gasteiger partial charge < -0.3 is 10.2 Å². The van der Waals surface area contributed by atoms with Crippen molar-refractivity contribution < 1.29 is 18.1 Å². The SMILES string of the molecule is CCN(CC)S(=O)(=O)c1ccc(C(=O)Nc2sc3c(c2-c2nc4ccccc4s2)CC[NH+](C(C)C)C3)cc1. The van der Waals surface area contributed by atoms with E-state index in [1.54, 1.807) is 34.8 Å². The van der Waals surface area contributed by atoms with Gasteiger partial charge in [0, 0.05) is 30.6 Å². The first-order chi connectivity index (χ1) is 18.2. The fraction of sp³-hybridized carbons (Fsp3) is 0.357. The first-order valence-corrected chi connectivity index (χ1v) is 16.1. The topological polar surface area (TPSA) is 83.8 Å². The Hall–Kier alpha value is -2.63. The molecule has 3 heterocycles. The van der Waals surface area contributed by atoms with Crippen molar-refractivity contribution in [3.8, 4) is 10.6 Å². The van der Waals surface area contributed by atoms with Gasteiger partial charge in [0.1, 0.15) is 16.6 Å². The van der Waals surface area contributed by atoms with Crippen molar-refractivity contribution in [3.63, 3.8) is 0 Å². The third-order valence-corrected chi connectivity index (χ3v) is 11.5. The predicted molar refractivity (Wildman–Crippen MR) is 156 cm³/mol.